The molecular weight excluding hydrogens is 446 g/mol. The zero-order chi connectivity index (χ0) is 24.9. The molecule has 0 bridgehead atoms. The number of carbonyl (C=O) groups is 1. The van der Waals surface area contributed by atoms with Crippen molar-refractivity contribution >= 4 is 28.3 Å². The lowest BCUT2D eigenvalue weighted by molar-refractivity contribution is 0.215. The topological polar surface area (TPSA) is 61.4 Å². The van der Waals surface area contributed by atoms with Crippen molar-refractivity contribution in [1.82, 2.24) is 14.9 Å². The van der Waals surface area contributed by atoms with Crippen LogP contribution in [0.25, 0.3) is 10.8 Å². The van der Waals surface area contributed by atoms with Gasteiger partial charge in [-0.2, -0.15) is 0 Å². The third-order valence-corrected chi connectivity index (χ3v) is 6.86. The quantitative estimate of drug-likeness (QED) is 0.391. The molecule has 2 heterocycles. The van der Waals surface area contributed by atoms with Gasteiger partial charge in [0.2, 0.25) is 0 Å². The summed E-state index contributed by atoms with van der Waals surface area (Å²) in [4.78, 5) is 27.2. The van der Waals surface area contributed by atoms with Gasteiger partial charge in [0, 0.05) is 49.2 Å². The van der Waals surface area contributed by atoms with Crippen molar-refractivity contribution in [2.24, 2.45) is 0 Å². The van der Waals surface area contributed by atoms with Crippen LogP contribution in [0.1, 0.15) is 36.0 Å². The number of amides is 2. The zero-order valence-corrected chi connectivity index (χ0v) is 21.1. The van der Waals surface area contributed by atoms with E-state index in [1.807, 2.05) is 48.2 Å². The number of fused-ring (bicyclic) bond motifs is 1. The summed E-state index contributed by atoms with van der Waals surface area (Å²) in [6, 6.07) is 24.6. The fourth-order valence-corrected chi connectivity index (χ4v) is 5.03. The average molecular weight is 480 g/mol. The second kappa shape index (κ2) is 10.8. The molecule has 3 aromatic carbocycles. The molecule has 4 aromatic rings. The smallest absolute Gasteiger partial charge is 0.321 e. The molecule has 1 aliphatic rings. The number of aryl methyl sites for hydroxylation is 2. The van der Waals surface area contributed by atoms with Crippen LogP contribution in [0, 0.1) is 6.92 Å². The molecule has 1 aromatic heterocycles. The minimum absolute atomic E-state index is 0.0502. The number of hydrogen-bond donors (Lipinski definition) is 1. The maximum atomic E-state index is 13.2. The van der Waals surface area contributed by atoms with Crippen LogP contribution in [0.4, 0.5) is 16.3 Å². The first-order valence-electron chi connectivity index (χ1n) is 12.8. The fourth-order valence-electron chi connectivity index (χ4n) is 5.03. The Morgan fingerprint density at radius 3 is 2.50 bits per heavy atom. The summed E-state index contributed by atoms with van der Waals surface area (Å²) in [7, 11) is 0. The van der Waals surface area contributed by atoms with Crippen molar-refractivity contribution in [3.05, 3.63) is 95.4 Å². The van der Waals surface area contributed by atoms with Crippen molar-refractivity contribution in [2.75, 3.05) is 36.4 Å². The molecule has 0 radical (unpaired) electrons. The summed E-state index contributed by atoms with van der Waals surface area (Å²) in [5, 5.41) is 5.33. The predicted octanol–water partition coefficient (Wildman–Crippen LogP) is 5.84. The Bertz CT molecular complexity index is 1350. The predicted molar refractivity (Wildman–Crippen MR) is 147 cm³/mol. The van der Waals surface area contributed by atoms with Gasteiger partial charge < -0.3 is 15.1 Å². The van der Waals surface area contributed by atoms with Gasteiger partial charge in [0.25, 0.3) is 0 Å². The molecular formula is C30H33N5O. The van der Waals surface area contributed by atoms with Gasteiger partial charge in [-0.05, 0) is 36.8 Å². The van der Waals surface area contributed by atoms with Gasteiger partial charge in [-0.3, -0.25) is 0 Å². The van der Waals surface area contributed by atoms with Crippen LogP contribution in [-0.2, 0) is 12.8 Å². The highest BCUT2D eigenvalue weighted by atomic mass is 16.2. The first-order valence-corrected chi connectivity index (χ1v) is 12.8. The van der Waals surface area contributed by atoms with Crippen molar-refractivity contribution in [3.8, 4) is 0 Å². The molecule has 36 heavy (non-hydrogen) atoms. The minimum atomic E-state index is -0.0502. The summed E-state index contributed by atoms with van der Waals surface area (Å²) in [5.41, 5.74) is 4.41. The number of aromatic nitrogens is 2. The standard InChI is InChI=1S/C30H33N5O/c1-3-27-26(21-23-11-5-4-6-12-23)29(32-22(2)31-27)34-17-10-18-35(20-19-34)30(36)33-28-16-9-14-24-13-7-8-15-25(24)28/h4-9,11-16H,3,10,17-21H2,1-2H3,(H,33,36). The summed E-state index contributed by atoms with van der Waals surface area (Å²) in [6.45, 7) is 7.08. The molecule has 2 amide bonds. The molecule has 0 spiro atoms. The molecule has 1 aliphatic heterocycles. The number of nitrogens with zero attached hydrogens (tertiary/aromatic N) is 4. The number of carbonyl (C=O) groups excluding carboxylic acids is 1. The molecule has 0 atom stereocenters. The summed E-state index contributed by atoms with van der Waals surface area (Å²) in [6.07, 6.45) is 2.56. The van der Waals surface area contributed by atoms with Gasteiger partial charge in [0.15, 0.2) is 0 Å². The van der Waals surface area contributed by atoms with Crippen LogP contribution in [0.15, 0.2) is 72.8 Å². The number of hydrogen-bond acceptors (Lipinski definition) is 4. The Hall–Kier alpha value is -3.93. The maximum absolute atomic E-state index is 13.2. The van der Waals surface area contributed by atoms with E-state index in [4.69, 9.17) is 9.97 Å². The summed E-state index contributed by atoms with van der Waals surface area (Å²) < 4.78 is 0. The second-order valence-electron chi connectivity index (χ2n) is 9.32. The first kappa shape index (κ1) is 23.8. The van der Waals surface area contributed by atoms with E-state index in [2.05, 4.69) is 53.5 Å². The molecule has 0 unspecified atom stereocenters. The van der Waals surface area contributed by atoms with Gasteiger partial charge in [0.05, 0.1) is 5.69 Å². The highest BCUT2D eigenvalue weighted by Crippen LogP contribution is 2.27. The van der Waals surface area contributed by atoms with Gasteiger partial charge in [-0.25, -0.2) is 14.8 Å². The van der Waals surface area contributed by atoms with Crippen molar-refractivity contribution < 1.29 is 4.79 Å². The van der Waals surface area contributed by atoms with Gasteiger partial charge in [0.1, 0.15) is 11.6 Å². The highest BCUT2D eigenvalue weighted by molar-refractivity contribution is 6.01. The number of benzene rings is 3. The maximum Gasteiger partial charge on any atom is 0.321 e. The molecule has 6 heteroatoms. The SMILES string of the molecule is CCc1nc(C)nc(N2CCCN(C(=O)Nc3cccc4ccccc34)CC2)c1Cc1ccccc1. The molecule has 184 valence electrons. The van der Waals surface area contributed by atoms with Crippen LogP contribution in [-0.4, -0.2) is 47.1 Å². The van der Waals surface area contributed by atoms with E-state index in [0.29, 0.717) is 13.1 Å². The van der Waals surface area contributed by atoms with E-state index in [1.165, 1.54) is 11.1 Å². The molecule has 5 rings (SSSR count). The van der Waals surface area contributed by atoms with E-state index >= 15 is 0 Å². The number of rotatable bonds is 5. The van der Waals surface area contributed by atoms with Crippen molar-refractivity contribution in [2.45, 2.75) is 33.1 Å². The Balaban J connectivity index is 1.35. The van der Waals surface area contributed by atoms with Crippen LogP contribution in [0.2, 0.25) is 0 Å². The minimum Gasteiger partial charge on any atom is -0.354 e. The largest absolute Gasteiger partial charge is 0.354 e. The third kappa shape index (κ3) is 5.18. The fraction of sp³-hybridized carbons (Fsp3) is 0.300. The summed E-state index contributed by atoms with van der Waals surface area (Å²) >= 11 is 0. The molecule has 0 aliphatic carbocycles. The molecule has 6 nitrogen and oxygen atoms in total. The van der Waals surface area contributed by atoms with E-state index < -0.39 is 0 Å². The second-order valence-corrected chi connectivity index (χ2v) is 9.32. The lowest BCUT2D eigenvalue weighted by Gasteiger charge is -2.26. The molecule has 1 N–H and O–H groups in total. The first-order chi connectivity index (χ1) is 17.6. The Morgan fingerprint density at radius 1 is 0.889 bits per heavy atom. The zero-order valence-electron chi connectivity index (χ0n) is 21.1. The highest BCUT2D eigenvalue weighted by Gasteiger charge is 2.24. The normalized spacial score (nSPS) is 14.1. The van der Waals surface area contributed by atoms with E-state index in [0.717, 1.165) is 66.1 Å². The third-order valence-electron chi connectivity index (χ3n) is 6.86. The van der Waals surface area contributed by atoms with Gasteiger partial charge >= 0.3 is 6.03 Å². The lowest BCUT2D eigenvalue weighted by Crippen LogP contribution is -2.38. The van der Waals surface area contributed by atoms with E-state index in [1.54, 1.807) is 0 Å². The number of urea groups is 1. The molecule has 1 fully saturated rings. The monoisotopic (exact) mass is 479 g/mol. The summed E-state index contributed by atoms with van der Waals surface area (Å²) in [5.74, 6) is 1.81. The lowest BCUT2D eigenvalue weighted by atomic mass is 10.0. The molecule has 1 saturated heterocycles. The molecule has 0 saturated carbocycles. The van der Waals surface area contributed by atoms with Crippen molar-refractivity contribution in [3.63, 3.8) is 0 Å². The average Bonchev–Trinajstić information content (AvgIpc) is 3.17. The Kier molecular flexibility index (Phi) is 7.12. The van der Waals surface area contributed by atoms with Crippen LogP contribution < -0.4 is 10.2 Å². The van der Waals surface area contributed by atoms with Crippen LogP contribution in [0.3, 0.4) is 0 Å². The van der Waals surface area contributed by atoms with E-state index in [9.17, 15) is 4.79 Å². The number of nitrogens with one attached hydrogen (secondary N) is 1. The van der Waals surface area contributed by atoms with Gasteiger partial charge in [-0.1, -0.05) is 73.7 Å². The Labute approximate surface area is 213 Å². The Morgan fingerprint density at radius 2 is 1.67 bits per heavy atom. The van der Waals surface area contributed by atoms with Crippen LogP contribution in [0.5, 0.6) is 0 Å². The van der Waals surface area contributed by atoms with E-state index in [-0.39, 0.29) is 6.03 Å². The number of anilines is 2. The van der Waals surface area contributed by atoms with Gasteiger partial charge in [-0.15, -0.1) is 0 Å². The van der Waals surface area contributed by atoms with Crippen molar-refractivity contribution in [1.29, 1.82) is 0 Å². The van der Waals surface area contributed by atoms with Crippen LogP contribution >= 0.6 is 0 Å².